The van der Waals surface area contributed by atoms with Gasteiger partial charge in [0.15, 0.2) is 0 Å². The topological polar surface area (TPSA) is 49.3 Å². The Balaban J connectivity index is 2.84. The lowest BCUT2D eigenvalue weighted by Crippen LogP contribution is -2.18. The van der Waals surface area contributed by atoms with Gasteiger partial charge in [-0.3, -0.25) is 0 Å². The molecule has 0 amide bonds. The number of carboxylic acids is 1. The van der Waals surface area contributed by atoms with E-state index < -0.39 is 5.97 Å². The summed E-state index contributed by atoms with van der Waals surface area (Å²) in [5.41, 5.74) is 0.954. The molecule has 3 nitrogen and oxygen atoms in total. The van der Waals surface area contributed by atoms with Crippen molar-refractivity contribution in [3.05, 3.63) is 28.8 Å². The number of hydrogen-bond acceptors (Lipinski definition) is 2. The zero-order valence-corrected chi connectivity index (χ0v) is 10.9. The summed E-state index contributed by atoms with van der Waals surface area (Å²) in [4.78, 5) is 10.9. The molecular weight excluding hydrogens is 238 g/mol. The van der Waals surface area contributed by atoms with Crippen molar-refractivity contribution in [1.29, 1.82) is 0 Å². The van der Waals surface area contributed by atoms with Gasteiger partial charge in [0.25, 0.3) is 0 Å². The molecule has 0 saturated heterocycles. The van der Waals surface area contributed by atoms with Gasteiger partial charge in [0.05, 0.1) is 10.6 Å². The summed E-state index contributed by atoms with van der Waals surface area (Å²) >= 11 is 5.81. The second-order valence-electron chi connectivity index (χ2n) is 4.04. The second kappa shape index (κ2) is 6.50. The van der Waals surface area contributed by atoms with Crippen LogP contribution in [0.3, 0.4) is 0 Å². The summed E-state index contributed by atoms with van der Waals surface area (Å²) in [5.74, 6) is -0.998. The van der Waals surface area contributed by atoms with E-state index in [1.165, 1.54) is 0 Å². The third kappa shape index (κ3) is 3.93. The highest BCUT2D eigenvalue weighted by molar-refractivity contribution is 6.33. The monoisotopic (exact) mass is 255 g/mol. The lowest BCUT2D eigenvalue weighted by Gasteiger charge is -2.18. The number of aromatic carboxylic acids is 1. The van der Waals surface area contributed by atoms with Crippen LogP contribution in [0, 0.1) is 0 Å². The van der Waals surface area contributed by atoms with Gasteiger partial charge in [0, 0.05) is 11.7 Å². The number of benzene rings is 1. The maximum Gasteiger partial charge on any atom is 0.337 e. The first-order chi connectivity index (χ1) is 8.08. The fourth-order valence-corrected chi connectivity index (χ4v) is 1.94. The van der Waals surface area contributed by atoms with Gasteiger partial charge in [0.2, 0.25) is 0 Å². The van der Waals surface area contributed by atoms with Crippen molar-refractivity contribution in [2.24, 2.45) is 0 Å². The maximum atomic E-state index is 10.9. The Hall–Kier alpha value is -1.22. The summed E-state index contributed by atoms with van der Waals surface area (Å²) < 4.78 is 0. The number of halogens is 1. The van der Waals surface area contributed by atoms with Gasteiger partial charge in [-0.2, -0.15) is 0 Å². The molecule has 4 heteroatoms. The third-order valence-electron chi connectivity index (χ3n) is 2.70. The first-order valence-electron chi connectivity index (χ1n) is 5.87. The molecule has 94 valence electrons. The molecule has 0 aliphatic rings. The normalized spacial score (nSPS) is 12.2. The predicted octanol–water partition coefficient (Wildman–Crippen LogP) is 4.03. The van der Waals surface area contributed by atoms with Crippen LogP contribution in [0.2, 0.25) is 5.02 Å². The number of nitrogens with one attached hydrogen (secondary N) is 1. The average Bonchev–Trinajstić information content (AvgIpc) is 2.30. The van der Waals surface area contributed by atoms with E-state index in [2.05, 4.69) is 19.2 Å². The minimum absolute atomic E-state index is 0.142. The number of carboxylic acid groups (broad SMARTS) is 1. The van der Waals surface area contributed by atoms with E-state index in [4.69, 9.17) is 16.7 Å². The van der Waals surface area contributed by atoms with E-state index in [0.29, 0.717) is 6.04 Å². The summed E-state index contributed by atoms with van der Waals surface area (Å²) in [7, 11) is 0. The molecule has 1 aromatic rings. The van der Waals surface area contributed by atoms with Gasteiger partial charge in [-0.1, -0.05) is 31.9 Å². The van der Waals surface area contributed by atoms with Crippen LogP contribution >= 0.6 is 11.6 Å². The number of carbonyl (C=O) groups is 1. The fraction of sp³-hybridized carbons (Fsp3) is 0.462. The molecule has 0 fully saturated rings. The molecule has 0 aliphatic carbocycles. The Kier molecular flexibility index (Phi) is 5.29. The van der Waals surface area contributed by atoms with Crippen molar-refractivity contribution in [2.75, 3.05) is 5.32 Å². The molecule has 0 spiro atoms. The van der Waals surface area contributed by atoms with E-state index in [1.807, 2.05) is 6.07 Å². The molecular formula is C13H18ClNO2. The Labute approximate surface area is 107 Å². The molecule has 0 aliphatic heterocycles. The first kappa shape index (κ1) is 13.8. The van der Waals surface area contributed by atoms with Gasteiger partial charge < -0.3 is 10.4 Å². The molecule has 1 unspecified atom stereocenters. The fourth-order valence-electron chi connectivity index (χ4n) is 1.74. The summed E-state index contributed by atoms with van der Waals surface area (Å²) in [5, 5.41) is 12.6. The zero-order chi connectivity index (χ0) is 12.8. The van der Waals surface area contributed by atoms with E-state index in [9.17, 15) is 4.79 Å². The van der Waals surface area contributed by atoms with Crippen molar-refractivity contribution in [2.45, 2.75) is 39.2 Å². The number of rotatable bonds is 6. The smallest absolute Gasteiger partial charge is 0.337 e. The standard InChI is InChI=1S/C13H18ClNO2/c1-3-5-9(4-2)15-10-6-7-12(14)11(8-10)13(16)17/h6-9,15H,3-5H2,1-2H3,(H,16,17). The average molecular weight is 256 g/mol. The van der Waals surface area contributed by atoms with Gasteiger partial charge in [-0.15, -0.1) is 0 Å². The van der Waals surface area contributed by atoms with E-state index in [1.54, 1.807) is 12.1 Å². The molecule has 0 heterocycles. The first-order valence-corrected chi connectivity index (χ1v) is 6.25. The van der Waals surface area contributed by atoms with Crippen molar-refractivity contribution in [1.82, 2.24) is 0 Å². The quantitative estimate of drug-likeness (QED) is 0.807. The van der Waals surface area contributed by atoms with E-state index >= 15 is 0 Å². The molecule has 0 aromatic heterocycles. The summed E-state index contributed by atoms with van der Waals surface area (Å²) in [6, 6.07) is 5.39. The van der Waals surface area contributed by atoms with Crippen LogP contribution in [0.1, 0.15) is 43.5 Å². The second-order valence-corrected chi connectivity index (χ2v) is 4.45. The molecule has 0 radical (unpaired) electrons. The lowest BCUT2D eigenvalue weighted by molar-refractivity contribution is 0.0697. The lowest BCUT2D eigenvalue weighted by atomic mass is 10.1. The molecule has 0 bridgehead atoms. The minimum Gasteiger partial charge on any atom is -0.478 e. The van der Waals surface area contributed by atoms with Crippen molar-refractivity contribution in [3.8, 4) is 0 Å². The largest absolute Gasteiger partial charge is 0.478 e. The highest BCUT2D eigenvalue weighted by Crippen LogP contribution is 2.22. The molecule has 17 heavy (non-hydrogen) atoms. The van der Waals surface area contributed by atoms with Crippen LogP contribution in [-0.2, 0) is 0 Å². The van der Waals surface area contributed by atoms with Crippen LogP contribution in [0.15, 0.2) is 18.2 Å². The minimum atomic E-state index is -0.998. The van der Waals surface area contributed by atoms with Gasteiger partial charge in [0.1, 0.15) is 0 Å². The molecule has 0 saturated carbocycles. The van der Waals surface area contributed by atoms with Gasteiger partial charge >= 0.3 is 5.97 Å². The van der Waals surface area contributed by atoms with Gasteiger partial charge in [-0.05, 0) is 31.0 Å². The number of anilines is 1. The zero-order valence-electron chi connectivity index (χ0n) is 10.2. The molecule has 1 atom stereocenters. The number of hydrogen-bond donors (Lipinski definition) is 2. The summed E-state index contributed by atoms with van der Waals surface area (Å²) in [6.45, 7) is 4.25. The van der Waals surface area contributed by atoms with Gasteiger partial charge in [-0.25, -0.2) is 4.79 Å². The molecule has 2 N–H and O–H groups in total. The molecule has 1 rings (SSSR count). The Morgan fingerprint density at radius 1 is 1.47 bits per heavy atom. The van der Waals surface area contributed by atoms with Crippen molar-refractivity contribution >= 4 is 23.3 Å². The van der Waals surface area contributed by atoms with Crippen LogP contribution < -0.4 is 5.32 Å². The summed E-state index contributed by atoms with van der Waals surface area (Å²) in [6.07, 6.45) is 3.19. The molecule has 1 aromatic carbocycles. The Morgan fingerprint density at radius 2 is 2.18 bits per heavy atom. The van der Waals surface area contributed by atoms with Crippen LogP contribution in [0.5, 0.6) is 0 Å². The van der Waals surface area contributed by atoms with E-state index in [0.717, 1.165) is 24.9 Å². The Morgan fingerprint density at radius 3 is 2.71 bits per heavy atom. The maximum absolute atomic E-state index is 10.9. The van der Waals surface area contributed by atoms with Crippen LogP contribution in [0.4, 0.5) is 5.69 Å². The van der Waals surface area contributed by atoms with Crippen LogP contribution in [0.25, 0.3) is 0 Å². The predicted molar refractivity (Wildman–Crippen MR) is 71.0 cm³/mol. The highest BCUT2D eigenvalue weighted by Gasteiger charge is 2.11. The highest BCUT2D eigenvalue weighted by atomic mass is 35.5. The SMILES string of the molecule is CCCC(CC)Nc1ccc(Cl)c(C(=O)O)c1. The van der Waals surface area contributed by atoms with Crippen LogP contribution in [-0.4, -0.2) is 17.1 Å². The van der Waals surface area contributed by atoms with E-state index in [-0.39, 0.29) is 10.6 Å². The van der Waals surface area contributed by atoms with Crippen molar-refractivity contribution in [3.63, 3.8) is 0 Å². The third-order valence-corrected chi connectivity index (χ3v) is 3.03. The van der Waals surface area contributed by atoms with Crippen molar-refractivity contribution < 1.29 is 9.90 Å². The Bertz CT molecular complexity index is 393.